The van der Waals surface area contributed by atoms with Crippen LogP contribution in [0.5, 0.6) is 5.75 Å². The number of alkyl halides is 3. The van der Waals surface area contributed by atoms with Crippen LogP contribution in [0, 0.1) is 0 Å². The number of pyridine rings is 1. The monoisotopic (exact) mass is 348 g/mol. The zero-order valence-corrected chi connectivity index (χ0v) is 12.2. The van der Waals surface area contributed by atoms with Crippen molar-refractivity contribution < 1.29 is 31.4 Å². The lowest BCUT2D eigenvalue weighted by atomic mass is 10.3. The van der Waals surface area contributed by atoms with Crippen LogP contribution in [-0.4, -0.2) is 24.9 Å². The summed E-state index contributed by atoms with van der Waals surface area (Å²) in [5.74, 6) is -0.523. The Kier molecular flexibility index (Phi) is 4.76. The average Bonchev–Trinajstić information content (AvgIpc) is 2.46. The summed E-state index contributed by atoms with van der Waals surface area (Å²) in [7, 11) is -3.98. The molecule has 0 aliphatic carbocycles. The summed E-state index contributed by atoms with van der Waals surface area (Å²) >= 11 is 0. The van der Waals surface area contributed by atoms with Gasteiger partial charge in [-0.05, 0) is 36.4 Å². The number of anilines is 1. The lowest BCUT2D eigenvalue weighted by molar-refractivity contribution is -0.274. The molecule has 6 nitrogen and oxygen atoms in total. The summed E-state index contributed by atoms with van der Waals surface area (Å²) in [6.07, 6.45) is -3.64. The number of hydrogen-bond donors (Lipinski definition) is 2. The number of hydrogen-bond acceptors (Lipinski definition) is 5. The Morgan fingerprint density at radius 1 is 1.13 bits per heavy atom. The lowest BCUT2D eigenvalue weighted by Crippen LogP contribution is -2.17. The van der Waals surface area contributed by atoms with Gasteiger partial charge in [0, 0.05) is 0 Å². The quantitative estimate of drug-likeness (QED) is 0.865. The van der Waals surface area contributed by atoms with Crippen molar-refractivity contribution in [2.24, 2.45) is 0 Å². The SMILES string of the molecule is O=S(=O)(Nc1ccc(CO)nc1)c1ccc(OC(F)(F)F)cc1. The average molecular weight is 348 g/mol. The molecule has 0 saturated heterocycles. The summed E-state index contributed by atoms with van der Waals surface area (Å²) < 4.78 is 66.2. The Labute approximate surface area is 129 Å². The summed E-state index contributed by atoms with van der Waals surface area (Å²) in [4.78, 5) is 3.57. The number of nitrogens with one attached hydrogen (secondary N) is 1. The van der Waals surface area contributed by atoms with E-state index in [0.29, 0.717) is 5.69 Å². The van der Waals surface area contributed by atoms with Crippen LogP contribution in [0.1, 0.15) is 5.69 Å². The number of benzene rings is 1. The smallest absolute Gasteiger partial charge is 0.406 e. The molecule has 0 saturated carbocycles. The number of sulfonamides is 1. The zero-order chi connectivity index (χ0) is 17.1. The maximum atomic E-state index is 12.1. The lowest BCUT2D eigenvalue weighted by Gasteiger charge is -2.10. The zero-order valence-electron chi connectivity index (χ0n) is 11.4. The maximum Gasteiger partial charge on any atom is 0.573 e. The maximum absolute atomic E-state index is 12.1. The van der Waals surface area contributed by atoms with Crippen molar-refractivity contribution in [1.82, 2.24) is 4.98 Å². The molecular weight excluding hydrogens is 337 g/mol. The second-order valence-corrected chi connectivity index (χ2v) is 6.00. The number of aliphatic hydroxyl groups is 1. The first-order valence-corrected chi connectivity index (χ1v) is 7.62. The molecule has 0 aliphatic heterocycles. The Morgan fingerprint density at radius 2 is 1.78 bits per heavy atom. The minimum absolute atomic E-state index is 0.151. The van der Waals surface area contributed by atoms with Gasteiger partial charge in [0.1, 0.15) is 5.75 Å². The van der Waals surface area contributed by atoms with E-state index in [2.05, 4.69) is 14.4 Å². The standard InChI is InChI=1S/C13H11F3N2O4S/c14-13(15,16)22-11-3-5-12(6-4-11)23(20,21)18-9-1-2-10(8-19)17-7-9/h1-7,18-19H,8H2. The highest BCUT2D eigenvalue weighted by atomic mass is 32.2. The number of nitrogens with zero attached hydrogens (tertiary/aromatic N) is 1. The van der Waals surface area contributed by atoms with E-state index in [1.54, 1.807) is 0 Å². The van der Waals surface area contributed by atoms with Crippen molar-refractivity contribution in [2.75, 3.05) is 4.72 Å². The Bertz CT molecular complexity index is 759. The van der Waals surface area contributed by atoms with E-state index in [-0.39, 0.29) is 17.2 Å². The number of rotatable bonds is 5. The van der Waals surface area contributed by atoms with Crippen LogP contribution in [0.2, 0.25) is 0 Å². The van der Waals surface area contributed by atoms with Crippen LogP contribution in [0.25, 0.3) is 0 Å². The molecule has 2 aromatic rings. The normalized spacial score (nSPS) is 12.0. The molecule has 0 radical (unpaired) electrons. The van der Waals surface area contributed by atoms with Gasteiger partial charge in [-0.3, -0.25) is 9.71 Å². The van der Waals surface area contributed by atoms with E-state index in [9.17, 15) is 21.6 Å². The van der Waals surface area contributed by atoms with E-state index in [0.717, 1.165) is 24.3 Å². The van der Waals surface area contributed by atoms with Gasteiger partial charge in [0.2, 0.25) is 0 Å². The van der Waals surface area contributed by atoms with Gasteiger partial charge in [-0.25, -0.2) is 8.42 Å². The first kappa shape index (κ1) is 17.0. The second-order valence-electron chi connectivity index (χ2n) is 4.32. The summed E-state index contributed by atoms with van der Waals surface area (Å²) in [5.41, 5.74) is 0.513. The van der Waals surface area contributed by atoms with Crippen LogP contribution in [0.4, 0.5) is 18.9 Å². The molecule has 0 amide bonds. The van der Waals surface area contributed by atoms with Crippen LogP contribution in [-0.2, 0) is 16.6 Å². The van der Waals surface area contributed by atoms with Gasteiger partial charge in [-0.2, -0.15) is 0 Å². The molecule has 0 bridgehead atoms. The van der Waals surface area contributed by atoms with Crippen molar-refractivity contribution in [3.63, 3.8) is 0 Å². The van der Waals surface area contributed by atoms with Crippen LogP contribution in [0.15, 0.2) is 47.5 Å². The van der Waals surface area contributed by atoms with Gasteiger partial charge in [0.25, 0.3) is 10.0 Å². The third-order valence-electron chi connectivity index (χ3n) is 2.61. The van der Waals surface area contributed by atoms with Gasteiger partial charge in [-0.15, -0.1) is 13.2 Å². The molecule has 2 N–H and O–H groups in total. The number of aromatic nitrogens is 1. The minimum Gasteiger partial charge on any atom is -0.406 e. The van der Waals surface area contributed by atoms with Crippen molar-refractivity contribution in [3.05, 3.63) is 48.3 Å². The molecular formula is C13H11F3N2O4S. The first-order valence-electron chi connectivity index (χ1n) is 6.14. The highest BCUT2D eigenvalue weighted by Crippen LogP contribution is 2.24. The number of ether oxygens (including phenoxy) is 1. The molecule has 1 aromatic carbocycles. The highest BCUT2D eigenvalue weighted by Gasteiger charge is 2.31. The molecule has 0 spiro atoms. The van der Waals surface area contributed by atoms with Gasteiger partial charge < -0.3 is 9.84 Å². The fourth-order valence-electron chi connectivity index (χ4n) is 1.61. The number of aliphatic hydroxyl groups excluding tert-OH is 1. The third kappa shape index (κ3) is 4.83. The van der Waals surface area contributed by atoms with Crippen molar-refractivity contribution in [1.29, 1.82) is 0 Å². The summed E-state index contributed by atoms with van der Waals surface area (Å²) in [6, 6.07) is 6.59. The molecule has 0 fully saturated rings. The van der Waals surface area contributed by atoms with Crippen LogP contribution < -0.4 is 9.46 Å². The van der Waals surface area contributed by atoms with E-state index in [4.69, 9.17) is 5.11 Å². The predicted molar refractivity (Wildman–Crippen MR) is 74.1 cm³/mol. The highest BCUT2D eigenvalue weighted by molar-refractivity contribution is 7.92. The fourth-order valence-corrected chi connectivity index (χ4v) is 2.66. The second kappa shape index (κ2) is 6.42. The Balaban J connectivity index is 2.15. The predicted octanol–water partition coefficient (Wildman–Crippen LogP) is 2.27. The van der Waals surface area contributed by atoms with E-state index in [1.165, 1.54) is 18.3 Å². The van der Waals surface area contributed by atoms with E-state index < -0.39 is 22.1 Å². The molecule has 1 heterocycles. The van der Waals surface area contributed by atoms with Crippen molar-refractivity contribution in [2.45, 2.75) is 17.9 Å². The van der Waals surface area contributed by atoms with E-state index >= 15 is 0 Å². The first-order chi connectivity index (χ1) is 10.7. The minimum atomic E-state index is -4.85. The molecule has 2 rings (SSSR count). The largest absolute Gasteiger partial charge is 0.573 e. The van der Waals surface area contributed by atoms with Crippen LogP contribution >= 0.6 is 0 Å². The molecule has 10 heteroatoms. The number of halogens is 3. The summed E-state index contributed by atoms with van der Waals surface area (Å²) in [6.45, 7) is -0.284. The Hall–Kier alpha value is -2.33. The van der Waals surface area contributed by atoms with E-state index in [1.807, 2.05) is 0 Å². The van der Waals surface area contributed by atoms with Gasteiger partial charge in [-0.1, -0.05) is 0 Å². The fraction of sp³-hybridized carbons (Fsp3) is 0.154. The van der Waals surface area contributed by atoms with Gasteiger partial charge in [0.05, 0.1) is 29.1 Å². The summed E-state index contributed by atoms with van der Waals surface area (Å²) in [5, 5.41) is 8.85. The van der Waals surface area contributed by atoms with Crippen LogP contribution in [0.3, 0.4) is 0 Å². The molecule has 0 aliphatic rings. The topological polar surface area (TPSA) is 88.5 Å². The Morgan fingerprint density at radius 3 is 2.26 bits per heavy atom. The van der Waals surface area contributed by atoms with Gasteiger partial charge >= 0.3 is 6.36 Å². The van der Waals surface area contributed by atoms with Gasteiger partial charge in [0.15, 0.2) is 0 Å². The molecule has 124 valence electrons. The molecule has 23 heavy (non-hydrogen) atoms. The van der Waals surface area contributed by atoms with Crippen molar-refractivity contribution in [3.8, 4) is 5.75 Å². The molecule has 0 atom stereocenters. The third-order valence-corrected chi connectivity index (χ3v) is 4.00. The van der Waals surface area contributed by atoms with Crippen molar-refractivity contribution >= 4 is 15.7 Å². The molecule has 0 unspecified atom stereocenters. The molecule has 1 aromatic heterocycles.